The van der Waals surface area contributed by atoms with Gasteiger partial charge in [-0.25, -0.2) is 0 Å². The van der Waals surface area contributed by atoms with E-state index in [2.05, 4.69) is 33.4 Å². The largest absolute Gasteiger partial charge is 0.378 e. The molecule has 1 atom stereocenters. The topological polar surface area (TPSA) is 65.1 Å². The van der Waals surface area contributed by atoms with Crippen molar-refractivity contribution in [3.8, 4) is 0 Å². The van der Waals surface area contributed by atoms with Crippen LogP contribution in [0.1, 0.15) is 37.6 Å². The van der Waals surface area contributed by atoms with Gasteiger partial charge in [-0.1, -0.05) is 0 Å². The highest BCUT2D eigenvalue weighted by Gasteiger charge is 2.31. The summed E-state index contributed by atoms with van der Waals surface area (Å²) in [6.45, 7) is 4.88. The van der Waals surface area contributed by atoms with Gasteiger partial charge >= 0.3 is 0 Å². The van der Waals surface area contributed by atoms with Gasteiger partial charge in [-0.15, -0.1) is 0 Å². The van der Waals surface area contributed by atoms with Crippen LogP contribution in [0.2, 0.25) is 0 Å². The van der Waals surface area contributed by atoms with E-state index >= 15 is 0 Å². The summed E-state index contributed by atoms with van der Waals surface area (Å²) < 4.78 is 8.65. The van der Waals surface area contributed by atoms with E-state index in [0.29, 0.717) is 6.10 Å². The second kappa shape index (κ2) is 7.02. The first-order chi connectivity index (χ1) is 9.55. The molecule has 0 bridgehead atoms. The molecule has 1 heterocycles. The first-order valence-electron chi connectivity index (χ1n) is 7.30. The Morgan fingerprint density at radius 3 is 2.75 bits per heavy atom. The molecule has 1 aliphatic rings. The van der Waals surface area contributed by atoms with Crippen molar-refractivity contribution in [3.63, 3.8) is 0 Å². The van der Waals surface area contributed by atoms with Crippen molar-refractivity contribution in [2.24, 2.45) is 18.8 Å². The summed E-state index contributed by atoms with van der Waals surface area (Å²) in [7, 11) is 1.98. The van der Waals surface area contributed by atoms with E-state index in [4.69, 9.17) is 10.6 Å². The van der Waals surface area contributed by atoms with Crippen LogP contribution in [0, 0.1) is 12.8 Å². The average molecular weight is 345 g/mol. The van der Waals surface area contributed by atoms with Crippen molar-refractivity contribution in [2.75, 3.05) is 6.61 Å². The molecule has 0 saturated heterocycles. The molecular formula is C14H25BrN4O. The van der Waals surface area contributed by atoms with Gasteiger partial charge in [0, 0.05) is 26.1 Å². The number of ether oxygens (including phenoxy) is 1. The van der Waals surface area contributed by atoms with E-state index in [1.54, 1.807) is 0 Å². The maximum atomic E-state index is 5.72. The van der Waals surface area contributed by atoms with Gasteiger partial charge in [0.15, 0.2) is 0 Å². The first kappa shape index (κ1) is 15.9. The van der Waals surface area contributed by atoms with Crippen molar-refractivity contribution in [2.45, 2.75) is 51.7 Å². The van der Waals surface area contributed by atoms with Crippen molar-refractivity contribution < 1.29 is 4.74 Å². The Bertz CT molecular complexity index is 443. The Labute approximate surface area is 129 Å². The Morgan fingerprint density at radius 2 is 2.25 bits per heavy atom. The molecule has 1 aromatic heterocycles. The number of nitrogens with one attached hydrogen (secondary N) is 1. The first-order valence-corrected chi connectivity index (χ1v) is 8.10. The molecule has 0 aliphatic heterocycles. The Hall–Kier alpha value is -0.430. The smallest absolute Gasteiger partial charge is 0.0738 e. The van der Waals surface area contributed by atoms with E-state index in [0.717, 1.165) is 48.4 Å². The van der Waals surface area contributed by atoms with E-state index in [1.165, 1.54) is 5.69 Å². The van der Waals surface area contributed by atoms with Gasteiger partial charge in [-0.3, -0.25) is 16.0 Å². The second-order valence-corrected chi connectivity index (χ2v) is 6.48. The summed E-state index contributed by atoms with van der Waals surface area (Å²) in [5.41, 5.74) is 5.18. The third-order valence-electron chi connectivity index (χ3n) is 4.15. The number of aryl methyl sites for hydroxylation is 2. The van der Waals surface area contributed by atoms with Crippen molar-refractivity contribution >= 4 is 15.9 Å². The Balaban J connectivity index is 1.87. The number of nitrogens with two attached hydrogens (primary N) is 1. The quantitative estimate of drug-likeness (QED) is 0.587. The summed E-state index contributed by atoms with van der Waals surface area (Å²) in [4.78, 5) is 0. The van der Waals surface area contributed by atoms with Gasteiger partial charge in [0.25, 0.3) is 0 Å². The van der Waals surface area contributed by atoms with Crippen LogP contribution < -0.4 is 11.3 Å². The molecule has 6 heteroatoms. The number of hydrogen-bond acceptors (Lipinski definition) is 4. The lowest BCUT2D eigenvalue weighted by molar-refractivity contribution is -0.0290. The molecule has 114 valence electrons. The molecule has 1 aromatic rings. The van der Waals surface area contributed by atoms with Gasteiger partial charge in [0.1, 0.15) is 0 Å². The highest BCUT2D eigenvalue weighted by Crippen LogP contribution is 2.34. The molecule has 0 spiro atoms. The van der Waals surface area contributed by atoms with E-state index in [9.17, 15) is 0 Å². The SMILES string of the molecule is CCOC1CC(CC(Cc2c(Br)c(C)nn2C)NN)C1. The van der Waals surface area contributed by atoms with Crippen molar-refractivity contribution in [1.29, 1.82) is 0 Å². The monoisotopic (exact) mass is 344 g/mol. The van der Waals surface area contributed by atoms with Gasteiger partial charge in [-0.05, 0) is 55.0 Å². The maximum Gasteiger partial charge on any atom is 0.0738 e. The molecule has 0 radical (unpaired) electrons. The summed E-state index contributed by atoms with van der Waals surface area (Å²) in [5, 5.41) is 4.43. The number of rotatable bonds is 7. The Kier molecular flexibility index (Phi) is 5.60. The van der Waals surface area contributed by atoms with Crippen LogP contribution in [0.3, 0.4) is 0 Å². The Morgan fingerprint density at radius 1 is 1.55 bits per heavy atom. The second-order valence-electron chi connectivity index (χ2n) is 5.69. The number of hydrazine groups is 1. The molecule has 1 unspecified atom stereocenters. The maximum absolute atomic E-state index is 5.72. The van der Waals surface area contributed by atoms with Crippen LogP contribution in [0.5, 0.6) is 0 Å². The molecule has 1 aliphatic carbocycles. The third kappa shape index (κ3) is 3.61. The van der Waals surface area contributed by atoms with E-state index in [-0.39, 0.29) is 6.04 Å². The summed E-state index contributed by atoms with van der Waals surface area (Å²) >= 11 is 3.61. The minimum atomic E-state index is 0.286. The molecule has 0 amide bonds. The predicted molar refractivity (Wildman–Crippen MR) is 83.2 cm³/mol. The minimum absolute atomic E-state index is 0.286. The van der Waals surface area contributed by atoms with Crippen LogP contribution in [0.4, 0.5) is 0 Å². The zero-order chi connectivity index (χ0) is 14.7. The minimum Gasteiger partial charge on any atom is -0.378 e. The molecule has 2 rings (SSSR count). The number of nitrogens with zero attached hydrogens (tertiary/aromatic N) is 2. The average Bonchev–Trinajstić information content (AvgIpc) is 2.61. The third-order valence-corrected chi connectivity index (χ3v) is 5.18. The molecule has 5 nitrogen and oxygen atoms in total. The summed E-state index contributed by atoms with van der Waals surface area (Å²) in [6.07, 6.45) is 4.78. The normalized spacial score (nSPS) is 23.6. The van der Waals surface area contributed by atoms with E-state index < -0.39 is 0 Å². The van der Waals surface area contributed by atoms with Crippen molar-refractivity contribution in [1.82, 2.24) is 15.2 Å². The lowest BCUT2D eigenvalue weighted by Gasteiger charge is -2.36. The van der Waals surface area contributed by atoms with E-state index in [1.807, 2.05) is 18.7 Å². The predicted octanol–water partition coefficient (Wildman–Crippen LogP) is 2.07. The fourth-order valence-corrected chi connectivity index (χ4v) is 3.48. The fraction of sp³-hybridized carbons (Fsp3) is 0.786. The standard InChI is InChI=1S/C14H25BrN4O/c1-4-20-12-6-10(7-12)5-11(17-16)8-13-14(15)9(2)18-19(13)3/h10-12,17H,4-8,16H2,1-3H3. The van der Waals surface area contributed by atoms with Crippen LogP contribution in [0.15, 0.2) is 4.47 Å². The molecule has 0 aromatic carbocycles. The fourth-order valence-electron chi connectivity index (χ4n) is 2.99. The van der Waals surface area contributed by atoms with Crippen molar-refractivity contribution in [3.05, 3.63) is 15.9 Å². The molecule has 20 heavy (non-hydrogen) atoms. The molecule has 1 fully saturated rings. The summed E-state index contributed by atoms with van der Waals surface area (Å²) in [6, 6.07) is 0.286. The molecule has 3 N–H and O–H groups in total. The van der Waals surface area contributed by atoms with Crippen LogP contribution in [-0.4, -0.2) is 28.5 Å². The molecule has 1 saturated carbocycles. The number of halogens is 1. The van der Waals surface area contributed by atoms with Crippen LogP contribution in [0.25, 0.3) is 0 Å². The van der Waals surface area contributed by atoms with Crippen LogP contribution in [-0.2, 0) is 18.2 Å². The number of aromatic nitrogens is 2. The molecular weight excluding hydrogens is 320 g/mol. The summed E-state index contributed by atoms with van der Waals surface area (Å²) in [5.74, 6) is 6.44. The lowest BCUT2D eigenvalue weighted by atomic mass is 9.77. The zero-order valence-electron chi connectivity index (χ0n) is 12.5. The van der Waals surface area contributed by atoms with Crippen LogP contribution >= 0.6 is 15.9 Å². The lowest BCUT2D eigenvalue weighted by Crippen LogP contribution is -2.42. The van der Waals surface area contributed by atoms with Gasteiger partial charge in [0.05, 0.1) is 22.0 Å². The number of hydrogen-bond donors (Lipinski definition) is 2. The zero-order valence-corrected chi connectivity index (χ0v) is 14.1. The highest BCUT2D eigenvalue weighted by molar-refractivity contribution is 9.10. The van der Waals surface area contributed by atoms with Gasteiger partial charge in [0.2, 0.25) is 0 Å². The van der Waals surface area contributed by atoms with Gasteiger partial charge < -0.3 is 4.74 Å². The highest BCUT2D eigenvalue weighted by atomic mass is 79.9. The van der Waals surface area contributed by atoms with Gasteiger partial charge in [-0.2, -0.15) is 5.10 Å².